The number of hydrogen-bond acceptors (Lipinski definition) is 3. The zero-order valence-corrected chi connectivity index (χ0v) is 8.93. The normalized spacial score (nSPS) is 10.8. The monoisotopic (exact) mass is 223 g/mol. The summed E-state index contributed by atoms with van der Waals surface area (Å²) in [5.74, 6) is 0.00580. The van der Waals surface area contributed by atoms with Gasteiger partial charge in [0, 0.05) is 10.9 Å². The molecule has 0 atom stereocenters. The summed E-state index contributed by atoms with van der Waals surface area (Å²) in [6.07, 6.45) is 0. The number of H-pyrrole nitrogens is 1. The van der Waals surface area contributed by atoms with Crippen LogP contribution in [0.4, 0.5) is 0 Å². The maximum Gasteiger partial charge on any atom is 0.178 e. The molecule has 0 saturated carbocycles. The molecular weight excluding hydrogens is 214 g/mol. The maximum atomic E-state index is 11.7. The van der Waals surface area contributed by atoms with E-state index in [2.05, 4.69) is 15.5 Å². The molecule has 0 aliphatic rings. The summed E-state index contributed by atoms with van der Waals surface area (Å²) < 4.78 is 0. The van der Waals surface area contributed by atoms with Crippen LogP contribution in [0.1, 0.15) is 10.4 Å². The molecule has 0 spiro atoms. The molecule has 2 N–H and O–H groups in total. The Kier molecular flexibility index (Phi) is 2.70. The van der Waals surface area contributed by atoms with E-state index in [4.69, 9.17) is 11.6 Å². The fraction of sp³-hybridized carbons (Fsp3) is 0.200. The van der Waals surface area contributed by atoms with Crippen molar-refractivity contribution in [2.24, 2.45) is 0 Å². The second-order valence-corrected chi connectivity index (χ2v) is 3.57. The Morgan fingerprint density at radius 2 is 2.40 bits per heavy atom. The van der Waals surface area contributed by atoms with E-state index in [-0.39, 0.29) is 5.78 Å². The van der Waals surface area contributed by atoms with Crippen molar-refractivity contribution in [2.75, 3.05) is 13.6 Å². The lowest BCUT2D eigenvalue weighted by molar-refractivity contribution is 0.0995. The second-order valence-electron chi connectivity index (χ2n) is 3.19. The fourth-order valence-electron chi connectivity index (χ4n) is 1.49. The Hall–Kier alpha value is -1.39. The number of para-hydroxylation sites is 1. The number of Topliss-reactive ketones (excluding diaryl/α,β-unsaturated/α-hetero) is 1. The number of aromatic nitrogens is 2. The molecule has 1 heterocycles. The van der Waals surface area contributed by atoms with E-state index in [0.29, 0.717) is 22.8 Å². The van der Waals surface area contributed by atoms with Crippen molar-refractivity contribution in [2.45, 2.75) is 0 Å². The van der Waals surface area contributed by atoms with Gasteiger partial charge >= 0.3 is 0 Å². The van der Waals surface area contributed by atoms with Crippen LogP contribution in [-0.4, -0.2) is 29.6 Å². The van der Waals surface area contributed by atoms with E-state index in [1.54, 1.807) is 19.2 Å². The standard InChI is InChI=1S/C10H10ClN3O/c1-12-5-8(15)6-3-2-4-7-9(6)13-14-10(7)11/h2-4,12H,5H2,1H3,(H,13,14). The number of ketones is 1. The quantitative estimate of drug-likeness (QED) is 0.778. The molecule has 0 bridgehead atoms. The maximum absolute atomic E-state index is 11.7. The second kappa shape index (κ2) is 4.00. The van der Waals surface area contributed by atoms with Crippen LogP contribution in [0.2, 0.25) is 5.15 Å². The van der Waals surface area contributed by atoms with Crippen LogP contribution in [-0.2, 0) is 0 Å². The van der Waals surface area contributed by atoms with Crippen LogP contribution in [0, 0.1) is 0 Å². The zero-order chi connectivity index (χ0) is 10.8. The van der Waals surface area contributed by atoms with Crippen molar-refractivity contribution in [3.8, 4) is 0 Å². The van der Waals surface area contributed by atoms with E-state index >= 15 is 0 Å². The van der Waals surface area contributed by atoms with Crippen LogP contribution in [0.25, 0.3) is 10.9 Å². The molecule has 78 valence electrons. The number of aromatic amines is 1. The molecule has 1 aromatic heterocycles. The predicted molar refractivity (Wildman–Crippen MR) is 59.4 cm³/mol. The number of carbonyl (C=O) groups excluding carboxylic acids is 1. The average Bonchev–Trinajstić information content (AvgIpc) is 2.61. The van der Waals surface area contributed by atoms with Gasteiger partial charge in [-0.25, -0.2) is 0 Å². The molecule has 5 heteroatoms. The molecule has 15 heavy (non-hydrogen) atoms. The number of rotatable bonds is 3. The number of likely N-dealkylation sites (N-methyl/N-ethyl adjacent to an activating group) is 1. The largest absolute Gasteiger partial charge is 0.313 e. The third-order valence-corrected chi connectivity index (χ3v) is 2.46. The molecule has 4 nitrogen and oxygen atoms in total. The molecule has 0 amide bonds. The predicted octanol–water partition coefficient (Wildman–Crippen LogP) is 1.62. The van der Waals surface area contributed by atoms with Gasteiger partial charge in [-0.2, -0.15) is 5.10 Å². The summed E-state index contributed by atoms with van der Waals surface area (Å²) in [5.41, 5.74) is 1.22. The van der Waals surface area contributed by atoms with Crippen molar-refractivity contribution >= 4 is 28.3 Å². The lowest BCUT2D eigenvalue weighted by atomic mass is 10.1. The van der Waals surface area contributed by atoms with Crippen LogP contribution < -0.4 is 5.32 Å². The van der Waals surface area contributed by atoms with Crippen LogP contribution in [0.15, 0.2) is 18.2 Å². The van der Waals surface area contributed by atoms with E-state index in [1.807, 2.05) is 6.07 Å². The van der Waals surface area contributed by atoms with Crippen molar-refractivity contribution in [3.63, 3.8) is 0 Å². The number of benzene rings is 1. The summed E-state index contributed by atoms with van der Waals surface area (Å²) in [6.45, 7) is 0.295. The van der Waals surface area contributed by atoms with Crippen LogP contribution >= 0.6 is 11.6 Å². The lowest BCUT2D eigenvalue weighted by Crippen LogP contribution is -2.18. The Bertz CT molecular complexity index is 506. The summed E-state index contributed by atoms with van der Waals surface area (Å²) in [7, 11) is 1.73. The molecule has 0 aliphatic carbocycles. The molecule has 2 aromatic rings. The Labute approximate surface area is 91.6 Å². The Morgan fingerprint density at radius 3 is 3.13 bits per heavy atom. The first kappa shape index (κ1) is 10.1. The van der Waals surface area contributed by atoms with Gasteiger partial charge in [0.05, 0.1) is 6.54 Å². The van der Waals surface area contributed by atoms with E-state index in [0.717, 1.165) is 5.39 Å². The highest BCUT2D eigenvalue weighted by molar-refractivity contribution is 6.34. The molecule has 0 saturated heterocycles. The van der Waals surface area contributed by atoms with Crippen molar-refractivity contribution in [1.82, 2.24) is 15.5 Å². The minimum absolute atomic E-state index is 0.00580. The highest BCUT2D eigenvalue weighted by Crippen LogP contribution is 2.23. The van der Waals surface area contributed by atoms with Gasteiger partial charge in [-0.3, -0.25) is 9.89 Å². The van der Waals surface area contributed by atoms with Crippen molar-refractivity contribution in [1.29, 1.82) is 0 Å². The number of fused-ring (bicyclic) bond motifs is 1. The number of nitrogens with zero attached hydrogens (tertiary/aromatic N) is 1. The number of nitrogens with one attached hydrogen (secondary N) is 2. The fourth-order valence-corrected chi connectivity index (χ4v) is 1.68. The highest BCUT2D eigenvalue weighted by atomic mass is 35.5. The minimum Gasteiger partial charge on any atom is -0.313 e. The lowest BCUT2D eigenvalue weighted by Gasteiger charge is -2.00. The summed E-state index contributed by atoms with van der Waals surface area (Å²) in [4.78, 5) is 11.7. The summed E-state index contributed by atoms with van der Waals surface area (Å²) in [6, 6.07) is 5.38. The van der Waals surface area contributed by atoms with Gasteiger partial charge < -0.3 is 5.32 Å². The van der Waals surface area contributed by atoms with Gasteiger partial charge in [0.1, 0.15) is 10.7 Å². The number of carbonyl (C=O) groups is 1. The SMILES string of the molecule is CNCC(=O)c1cccc2c(Cl)[nH]nc12. The van der Waals surface area contributed by atoms with Crippen molar-refractivity contribution < 1.29 is 4.79 Å². The molecular formula is C10H10ClN3O. The first-order valence-electron chi connectivity index (χ1n) is 4.54. The molecule has 2 rings (SSSR count). The van der Waals surface area contributed by atoms with Gasteiger partial charge in [0.25, 0.3) is 0 Å². The average molecular weight is 224 g/mol. The third kappa shape index (κ3) is 1.73. The topological polar surface area (TPSA) is 57.8 Å². The summed E-state index contributed by atoms with van der Waals surface area (Å²) in [5, 5.41) is 10.7. The Morgan fingerprint density at radius 1 is 1.60 bits per heavy atom. The number of hydrogen-bond donors (Lipinski definition) is 2. The van der Waals surface area contributed by atoms with Crippen LogP contribution in [0.3, 0.4) is 0 Å². The van der Waals surface area contributed by atoms with Crippen molar-refractivity contribution in [3.05, 3.63) is 28.9 Å². The van der Waals surface area contributed by atoms with E-state index < -0.39 is 0 Å². The molecule has 0 fully saturated rings. The first-order chi connectivity index (χ1) is 7.24. The van der Waals surface area contributed by atoms with Gasteiger partial charge in [0.15, 0.2) is 5.78 Å². The van der Waals surface area contributed by atoms with E-state index in [1.165, 1.54) is 0 Å². The molecule has 0 radical (unpaired) electrons. The van der Waals surface area contributed by atoms with E-state index in [9.17, 15) is 4.79 Å². The Balaban J connectivity index is 2.56. The minimum atomic E-state index is 0.00580. The zero-order valence-electron chi connectivity index (χ0n) is 8.17. The smallest absolute Gasteiger partial charge is 0.178 e. The molecule has 0 unspecified atom stereocenters. The van der Waals surface area contributed by atoms with Crippen LogP contribution in [0.5, 0.6) is 0 Å². The van der Waals surface area contributed by atoms with Gasteiger partial charge in [0.2, 0.25) is 0 Å². The number of halogens is 1. The first-order valence-corrected chi connectivity index (χ1v) is 4.92. The van der Waals surface area contributed by atoms with Gasteiger partial charge in [-0.05, 0) is 19.2 Å². The highest BCUT2D eigenvalue weighted by Gasteiger charge is 2.12. The molecule has 0 aliphatic heterocycles. The summed E-state index contributed by atoms with van der Waals surface area (Å²) >= 11 is 5.88. The third-order valence-electron chi connectivity index (χ3n) is 2.18. The van der Waals surface area contributed by atoms with Gasteiger partial charge in [-0.1, -0.05) is 17.7 Å². The van der Waals surface area contributed by atoms with Gasteiger partial charge in [-0.15, -0.1) is 0 Å². The molecule has 1 aromatic carbocycles.